The van der Waals surface area contributed by atoms with E-state index in [1.807, 2.05) is 0 Å². The van der Waals surface area contributed by atoms with E-state index in [4.69, 9.17) is 5.11 Å². The van der Waals surface area contributed by atoms with Gasteiger partial charge in [-0.3, -0.25) is 0 Å². The van der Waals surface area contributed by atoms with Crippen LogP contribution in [-0.2, 0) is 0 Å². The molecule has 6 heteroatoms. The Hall–Kier alpha value is -1.56. The van der Waals surface area contributed by atoms with E-state index in [1.165, 1.54) is 6.07 Å². The van der Waals surface area contributed by atoms with Gasteiger partial charge in [0.15, 0.2) is 0 Å². The molecule has 3 N–H and O–H groups in total. The van der Waals surface area contributed by atoms with Gasteiger partial charge in [-0.25, -0.2) is 9.59 Å². The zero-order chi connectivity index (χ0) is 14.3. The molecule has 0 radical (unpaired) electrons. The highest BCUT2D eigenvalue weighted by Crippen LogP contribution is 2.21. The Morgan fingerprint density at radius 1 is 1.32 bits per heavy atom. The average molecular weight is 329 g/mol. The molecule has 104 valence electrons. The van der Waals surface area contributed by atoms with Crippen molar-refractivity contribution in [1.29, 1.82) is 0 Å². The Morgan fingerprint density at radius 3 is 2.68 bits per heavy atom. The molecule has 0 aliphatic heterocycles. The van der Waals surface area contributed by atoms with Gasteiger partial charge in [-0.1, -0.05) is 35.7 Å². The minimum atomic E-state index is -1.08. The van der Waals surface area contributed by atoms with Crippen molar-refractivity contribution in [3.05, 3.63) is 28.2 Å². The number of urea groups is 1. The van der Waals surface area contributed by atoms with Gasteiger partial charge in [-0.05, 0) is 24.6 Å². The van der Waals surface area contributed by atoms with E-state index in [9.17, 15) is 9.59 Å². The Kier molecular flexibility index (Phi) is 6.35. The summed E-state index contributed by atoms with van der Waals surface area (Å²) in [7, 11) is 0. The van der Waals surface area contributed by atoms with Gasteiger partial charge in [-0.2, -0.15) is 0 Å². The first kappa shape index (κ1) is 15.5. The van der Waals surface area contributed by atoms with E-state index in [0.29, 0.717) is 11.0 Å². The molecule has 5 nitrogen and oxygen atoms in total. The topological polar surface area (TPSA) is 78.4 Å². The molecule has 0 spiro atoms. The summed E-state index contributed by atoms with van der Waals surface area (Å²) < 4.78 is 0.707. The summed E-state index contributed by atoms with van der Waals surface area (Å²) in [4.78, 5) is 22.7. The van der Waals surface area contributed by atoms with Crippen molar-refractivity contribution in [2.24, 2.45) is 0 Å². The number of carboxylic acid groups (broad SMARTS) is 1. The van der Waals surface area contributed by atoms with Crippen LogP contribution >= 0.6 is 15.9 Å². The predicted molar refractivity (Wildman–Crippen MR) is 77.6 cm³/mol. The molecule has 0 saturated heterocycles. The minimum absolute atomic E-state index is 0.0620. The first-order valence-corrected chi connectivity index (χ1v) is 6.91. The second-order valence-electron chi connectivity index (χ2n) is 4.08. The van der Waals surface area contributed by atoms with Crippen molar-refractivity contribution < 1.29 is 14.7 Å². The number of carboxylic acids is 1. The molecule has 0 aliphatic rings. The van der Waals surface area contributed by atoms with Crippen LogP contribution in [0.5, 0.6) is 0 Å². The zero-order valence-corrected chi connectivity index (χ0v) is 12.3. The quantitative estimate of drug-likeness (QED) is 0.700. The standard InChI is InChI=1S/C13H17BrN2O3/c1-2-3-4-7-15-13(19)16-11-8-9(14)5-6-10(11)12(17)18/h5-6,8H,2-4,7H2,1H3,(H,17,18)(H2,15,16,19). The van der Waals surface area contributed by atoms with Crippen molar-refractivity contribution in [3.8, 4) is 0 Å². The molecule has 0 atom stereocenters. The van der Waals surface area contributed by atoms with Gasteiger partial charge in [0, 0.05) is 11.0 Å². The lowest BCUT2D eigenvalue weighted by atomic mass is 10.2. The van der Waals surface area contributed by atoms with E-state index in [1.54, 1.807) is 12.1 Å². The first-order valence-electron chi connectivity index (χ1n) is 6.12. The summed E-state index contributed by atoms with van der Waals surface area (Å²) in [6, 6.07) is 4.24. The molecule has 1 rings (SSSR count). The van der Waals surface area contributed by atoms with Crippen molar-refractivity contribution in [1.82, 2.24) is 5.32 Å². The molecule has 2 amide bonds. The number of benzene rings is 1. The molecule has 0 saturated carbocycles. The lowest BCUT2D eigenvalue weighted by Crippen LogP contribution is -2.30. The zero-order valence-electron chi connectivity index (χ0n) is 10.7. The maximum Gasteiger partial charge on any atom is 0.337 e. The molecule has 1 aromatic carbocycles. The van der Waals surface area contributed by atoms with Gasteiger partial charge in [-0.15, -0.1) is 0 Å². The molecule has 0 unspecified atom stereocenters. The second-order valence-corrected chi connectivity index (χ2v) is 5.00. The maximum absolute atomic E-state index is 11.6. The van der Waals surface area contributed by atoms with E-state index in [-0.39, 0.29) is 11.3 Å². The van der Waals surface area contributed by atoms with Crippen molar-refractivity contribution in [2.45, 2.75) is 26.2 Å². The third-order valence-electron chi connectivity index (χ3n) is 2.53. The van der Waals surface area contributed by atoms with Crippen LogP contribution in [0.1, 0.15) is 36.5 Å². The summed E-state index contributed by atoms with van der Waals surface area (Å²) in [5, 5.41) is 14.3. The number of anilines is 1. The van der Waals surface area contributed by atoms with E-state index in [2.05, 4.69) is 33.5 Å². The van der Waals surface area contributed by atoms with Crippen LogP contribution in [-0.4, -0.2) is 23.7 Å². The fourth-order valence-corrected chi connectivity index (χ4v) is 1.91. The highest BCUT2D eigenvalue weighted by Gasteiger charge is 2.12. The normalized spacial score (nSPS) is 10.0. The summed E-state index contributed by atoms with van der Waals surface area (Å²) in [5.74, 6) is -1.08. The number of hydrogen-bond donors (Lipinski definition) is 3. The summed E-state index contributed by atoms with van der Waals surface area (Å²) >= 11 is 3.24. The number of aromatic carboxylic acids is 1. The highest BCUT2D eigenvalue weighted by atomic mass is 79.9. The van der Waals surface area contributed by atoms with Crippen LogP contribution in [0.25, 0.3) is 0 Å². The van der Waals surface area contributed by atoms with Crippen LogP contribution in [0, 0.1) is 0 Å². The molecule has 0 fully saturated rings. The smallest absolute Gasteiger partial charge is 0.337 e. The summed E-state index contributed by atoms with van der Waals surface area (Å²) in [5.41, 5.74) is 0.335. The number of unbranched alkanes of at least 4 members (excludes halogenated alkanes) is 2. The Morgan fingerprint density at radius 2 is 2.05 bits per heavy atom. The fraction of sp³-hybridized carbons (Fsp3) is 0.385. The minimum Gasteiger partial charge on any atom is -0.478 e. The molecular weight excluding hydrogens is 312 g/mol. The van der Waals surface area contributed by atoms with Crippen LogP contribution in [0.2, 0.25) is 0 Å². The number of amides is 2. The molecule has 0 bridgehead atoms. The van der Waals surface area contributed by atoms with E-state index >= 15 is 0 Å². The van der Waals surface area contributed by atoms with Gasteiger partial charge in [0.2, 0.25) is 0 Å². The van der Waals surface area contributed by atoms with Crippen LogP contribution in [0.3, 0.4) is 0 Å². The lowest BCUT2D eigenvalue weighted by Gasteiger charge is -2.10. The predicted octanol–water partition coefficient (Wildman–Crippen LogP) is 3.46. The van der Waals surface area contributed by atoms with Gasteiger partial charge in [0.05, 0.1) is 11.3 Å². The van der Waals surface area contributed by atoms with Gasteiger partial charge >= 0.3 is 12.0 Å². The third-order valence-corrected chi connectivity index (χ3v) is 3.02. The van der Waals surface area contributed by atoms with Crippen molar-refractivity contribution >= 4 is 33.6 Å². The maximum atomic E-state index is 11.6. The fourth-order valence-electron chi connectivity index (χ4n) is 1.55. The average Bonchev–Trinajstić information content (AvgIpc) is 2.34. The monoisotopic (exact) mass is 328 g/mol. The third kappa shape index (κ3) is 5.30. The lowest BCUT2D eigenvalue weighted by molar-refractivity contribution is 0.0698. The molecule has 1 aromatic rings. The van der Waals surface area contributed by atoms with Crippen molar-refractivity contribution in [3.63, 3.8) is 0 Å². The number of halogens is 1. The molecule has 0 aromatic heterocycles. The Balaban J connectivity index is 2.62. The van der Waals surface area contributed by atoms with Crippen LogP contribution in [0.15, 0.2) is 22.7 Å². The molecule has 19 heavy (non-hydrogen) atoms. The molecule has 0 aliphatic carbocycles. The largest absolute Gasteiger partial charge is 0.478 e. The molecular formula is C13H17BrN2O3. The molecule has 0 heterocycles. The highest BCUT2D eigenvalue weighted by molar-refractivity contribution is 9.10. The number of carbonyl (C=O) groups is 2. The number of rotatable bonds is 6. The first-order chi connectivity index (χ1) is 9.04. The number of carbonyl (C=O) groups excluding carboxylic acids is 1. The van der Waals surface area contributed by atoms with Crippen LogP contribution in [0.4, 0.5) is 10.5 Å². The Bertz CT molecular complexity index is 463. The summed E-state index contributed by atoms with van der Waals surface area (Å²) in [6.45, 7) is 2.66. The van der Waals surface area contributed by atoms with Gasteiger partial charge < -0.3 is 15.7 Å². The Labute approximate surface area is 120 Å². The van der Waals surface area contributed by atoms with Gasteiger partial charge in [0.1, 0.15) is 0 Å². The van der Waals surface area contributed by atoms with E-state index in [0.717, 1.165) is 19.3 Å². The van der Waals surface area contributed by atoms with Gasteiger partial charge in [0.25, 0.3) is 0 Å². The number of nitrogens with one attached hydrogen (secondary N) is 2. The van der Waals surface area contributed by atoms with Crippen molar-refractivity contribution in [2.75, 3.05) is 11.9 Å². The summed E-state index contributed by atoms with van der Waals surface area (Å²) in [6.07, 6.45) is 3.05. The van der Waals surface area contributed by atoms with E-state index < -0.39 is 12.0 Å². The van der Waals surface area contributed by atoms with Crippen LogP contribution < -0.4 is 10.6 Å². The second kappa shape index (κ2) is 7.78. The number of hydrogen-bond acceptors (Lipinski definition) is 2. The SMILES string of the molecule is CCCCCNC(=O)Nc1cc(Br)ccc1C(=O)O.